The molecular weight excluding hydrogens is 949 g/mol. The van der Waals surface area contributed by atoms with E-state index in [1.807, 2.05) is 0 Å². The van der Waals surface area contributed by atoms with Crippen molar-refractivity contribution < 1.29 is 177 Å². The SMILES string of the molecule is F[C@H](OC(F)(F)[C@](F)(OC(F)(F)[C@@](F)(OC(F)(F)[C@@](F)(OC(F)(F)[C@@](F)(OC(F)(F)C(F)(F)C(F)(F)F)C(F)(F)F)C(F)(F)F)C(F)(F)F)C(F)(F)F)C(F)(F)F. The van der Waals surface area contributed by atoms with Crippen molar-refractivity contribution in [3.63, 3.8) is 0 Å². The second kappa shape index (κ2) is 14.2. The Labute approximate surface area is 282 Å². The van der Waals surface area contributed by atoms with Gasteiger partial charge in [-0.2, -0.15) is 149 Å². The van der Waals surface area contributed by atoms with E-state index in [1.54, 1.807) is 0 Å². The van der Waals surface area contributed by atoms with E-state index in [4.69, 9.17) is 0 Å². The molecule has 0 bridgehead atoms. The molecular formula is C17HF35O5. The van der Waals surface area contributed by atoms with E-state index in [0.717, 1.165) is 9.47 Å². The number of hydrogen-bond donors (Lipinski definition) is 0. The largest absolute Gasteiger partial charge is 0.462 e. The minimum absolute atomic E-state index is 0.705. The van der Waals surface area contributed by atoms with Gasteiger partial charge in [0.1, 0.15) is 0 Å². The predicted octanol–water partition coefficient (Wildman–Crippen LogP) is 11.0. The van der Waals surface area contributed by atoms with E-state index < -0.39 is 103 Å². The van der Waals surface area contributed by atoms with E-state index in [9.17, 15) is 154 Å². The van der Waals surface area contributed by atoms with Crippen molar-refractivity contribution in [2.45, 2.75) is 103 Å². The zero-order valence-electron chi connectivity index (χ0n) is 23.8. The molecule has 0 aromatic heterocycles. The molecule has 0 aromatic rings. The highest BCUT2D eigenvalue weighted by Crippen LogP contribution is 2.62. The van der Waals surface area contributed by atoms with Crippen LogP contribution in [0.1, 0.15) is 0 Å². The summed E-state index contributed by atoms with van der Waals surface area (Å²) in [5.74, 6) is -45.6. The van der Waals surface area contributed by atoms with E-state index >= 15 is 0 Å². The summed E-state index contributed by atoms with van der Waals surface area (Å²) in [5.41, 5.74) is 0. The maximum atomic E-state index is 14.5. The van der Waals surface area contributed by atoms with Gasteiger partial charge in [0, 0.05) is 0 Å². The molecule has 0 aromatic carbocycles. The molecule has 344 valence electrons. The lowest BCUT2D eigenvalue weighted by molar-refractivity contribution is -0.599. The second-order valence-corrected chi connectivity index (χ2v) is 9.41. The molecule has 5 nitrogen and oxygen atoms in total. The van der Waals surface area contributed by atoms with Gasteiger partial charge >= 0.3 is 96.9 Å². The van der Waals surface area contributed by atoms with Crippen LogP contribution in [0.15, 0.2) is 0 Å². The van der Waals surface area contributed by atoms with E-state index in [2.05, 4.69) is 0 Å². The lowest BCUT2D eigenvalue weighted by Crippen LogP contribution is -2.72. The Morgan fingerprint density at radius 1 is 0.246 bits per heavy atom. The van der Waals surface area contributed by atoms with E-state index in [1.165, 1.54) is 4.74 Å². The highest BCUT2D eigenvalue weighted by molar-refractivity contribution is 5.00. The van der Waals surface area contributed by atoms with Crippen LogP contribution >= 0.6 is 0 Å². The Hall–Kier alpha value is -2.65. The average molecular weight is 950 g/mol. The van der Waals surface area contributed by atoms with Crippen molar-refractivity contribution >= 4 is 0 Å². The summed E-state index contributed by atoms with van der Waals surface area (Å²) in [5, 5.41) is 0. The lowest BCUT2D eigenvalue weighted by atomic mass is 10.2. The van der Waals surface area contributed by atoms with Crippen molar-refractivity contribution in [2.24, 2.45) is 0 Å². The van der Waals surface area contributed by atoms with Crippen LogP contribution in [0.5, 0.6) is 0 Å². The van der Waals surface area contributed by atoms with Crippen molar-refractivity contribution in [3.8, 4) is 0 Å². The Morgan fingerprint density at radius 2 is 0.439 bits per heavy atom. The van der Waals surface area contributed by atoms with Crippen LogP contribution < -0.4 is 0 Å². The maximum Gasteiger partial charge on any atom is 0.462 e. The second-order valence-electron chi connectivity index (χ2n) is 9.41. The van der Waals surface area contributed by atoms with Crippen molar-refractivity contribution in [2.75, 3.05) is 0 Å². The normalized spacial score (nSPS) is 20.7. The van der Waals surface area contributed by atoms with Gasteiger partial charge in [-0.1, -0.05) is 0 Å². The molecule has 0 saturated carbocycles. The van der Waals surface area contributed by atoms with Crippen molar-refractivity contribution in [1.82, 2.24) is 0 Å². The number of rotatable bonds is 15. The van der Waals surface area contributed by atoms with Crippen LogP contribution in [-0.2, 0) is 23.7 Å². The fourth-order valence-corrected chi connectivity index (χ4v) is 2.53. The quantitative estimate of drug-likeness (QED) is 0.153. The highest BCUT2D eigenvalue weighted by atomic mass is 19.5. The van der Waals surface area contributed by atoms with Crippen LogP contribution in [-0.4, -0.2) is 103 Å². The first-order valence-electron chi connectivity index (χ1n) is 11.5. The third kappa shape index (κ3) is 9.40. The number of halogens is 35. The molecule has 0 radical (unpaired) electrons. The minimum Gasteiger partial charge on any atom is -0.272 e. The first-order chi connectivity index (χ1) is 24.0. The summed E-state index contributed by atoms with van der Waals surface area (Å²) in [4.78, 5) is 0. The molecule has 0 N–H and O–H groups in total. The average Bonchev–Trinajstić information content (AvgIpc) is 2.87. The van der Waals surface area contributed by atoms with E-state index in [0.29, 0.717) is 9.47 Å². The zero-order valence-corrected chi connectivity index (χ0v) is 23.8. The van der Waals surface area contributed by atoms with Gasteiger partial charge in [0.15, 0.2) is 0 Å². The molecule has 0 amide bonds. The van der Waals surface area contributed by atoms with Crippen LogP contribution in [0, 0.1) is 0 Å². The maximum absolute atomic E-state index is 14.5. The van der Waals surface area contributed by atoms with Gasteiger partial charge in [-0.15, -0.1) is 0 Å². The van der Waals surface area contributed by atoms with Gasteiger partial charge in [0.2, 0.25) is 0 Å². The van der Waals surface area contributed by atoms with Crippen LogP contribution in [0.25, 0.3) is 0 Å². The Kier molecular flexibility index (Phi) is 13.6. The third-order valence-electron chi connectivity index (χ3n) is 5.26. The topological polar surface area (TPSA) is 46.2 Å². The number of hydrogen-bond acceptors (Lipinski definition) is 5. The Morgan fingerprint density at radius 3 is 0.614 bits per heavy atom. The van der Waals surface area contributed by atoms with Crippen LogP contribution in [0.4, 0.5) is 154 Å². The molecule has 0 heterocycles. The van der Waals surface area contributed by atoms with Crippen LogP contribution in [0.3, 0.4) is 0 Å². The van der Waals surface area contributed by atoms with Gasteiger partial charge < -0.3 is 0 Å². The third-order valence-corrected chi connectivity index (χ3v) is 5.26. The van der Waals surface area contributed by atoms with Gasteiger partial charge in [-0.25, -0.2) is 4.39 Å². The molecule has 0 rings (SSSR count). The fraction of sp³-hybridized carbons (Fsp3) is 1.00. The lowest BCUT2D eigenvalue weighted by Gasteiger charge is -2.44. The highest BCUT2D eigenvalue weighted by Gasteiger charge is 2.91. The smallest absolute Gasteiger partial charge is 0.272 e. The molecule has 0 spiro atoms. The van der Waals surface area contributed by atoms with Gasteiger partial charge in [-0.3, -0.25) is 23.7 Å². The monoisotopic (exact) mass is 950 g/mol. The molecule has 40 heteroatoms. The number of alkyl halides is 35. The molecule has 0 fully saturated rings. The summed E-state index contributed by atoms with van der Waals surface area (Å²) in [7, 11) is 0. The van der Waals surface area contributed by atoms with Gasteiger partial charge in [-0.05, 0) is 0 Å². The summed E-state index contributed by atoms with van der Waals surface area (Å²) in [6, 6.07) is 0. The van der Waals surface area contributed by atoms with Crippen molar-refractivity contribution in [1.29, 1.82) is 0 Å². The zero-order chi connectivity index (χ0) is 47.1. The predicted molar refractivity (Wildman–Crippen MR) is 91.7 cm³/mol. The molecule has 0 aliphatic heterocycles. The Bertz CT molecular complexity index is 1380. The summed E-state index contributed by atoms with van der Waals surface area (Å²) >= 11 is 0. The standard InChI is InChI=1S/C17HF35O5/c18-1(2(19,20)21)53-14(45,46)4(24,9(31,32)33)55-16(49,50)6(26,11(37,38)39)57-17(51,52)7(27,12(40,41)42)56-15(47,48)5(25,10(34,35)36)54-13(43,44)3(22,23)8(28,29)30/h1H/t1-,4-,5+,6+,7+/m1/s1. The fourth-order valence-electron chi connectivity index (χ4n) is 2.53. The molecule has 0 aliphatic rings. The molecule has 5 atom stereocenters. The molecule has 0 aliphatic carbocycles. The molecule has 57 heavy (non-hydrogen) atoms. The first kappa shape index (κ1) is 54.3. The summed E-state index contributed by atoms with van der Waals surface area (Å²) < 4.78 is 467. The van der Waals surface area contributed by atoms with Crippen molar-refractivity contribution in [3.05, 3.63) is 0 Å². The molecule has 0 saturated heterocycles. The number of ether oxygens (including phenoxy) is 5. The minimum atomic E-state index is -9.53. The van der Waals surface area contributed by atoms with E-state index in [-0.39, 0.29) is 0 Å². The van der Waals surface area contributed by atoms with Gasteiger partial charge in [0.25, 0.3) is 6.36 Å². The summed E-state index contributed by atoms with van der Waals surface area (Å²) in [6.45, 7) is 0. The summed E-state index contributed by atoms with van der Waals surface area (Å²) in [6.07, 6.45) is -103. The molecule has 0 unspecified atom stereocenters. The first-order valence-corrected chi connectivity index (χ1v) is 11.5. The Balaban J connectivity index is 7.87. The van der Waals surface area contributed by atoms with Crippen LogP contribution in [0.2, 0.25) is 0 Å². The van der Waals surface area contributed by atoms with Gasteiger partial charge in [0.05, 0.1) is 0 Å².